The van der Waals surface area contributed by atoms with E-state index in [0.717, 1.165) is 4.90 Å². The van der Waals surface area contributed by atoms with Gasteiger partial charge in [-0.1, -0.05) is 0 Å². The zero-order chi connectivity index (χ0) is 18.5. The van der Waals surface area contributed by atoms with Crippen LogP contribution in [-0.4, -0.2) is 54.3 Å². The van der Waals surface area contributed by atoms with Crippen molar-refractivity contribution in [2.24, 2.45) is 0 Å². The largest absolute Gasteiger partial charge is 0.480 e. The van der Waals surface area contributed by atoms with Gasteiger partial charge in [0.05, 0.1) is 5.69 Å². The summed E-state index contributed by atoms with van der Waals surface area (Å²) in [7, 11) is 3.06. The molecule has 0 radical (unpaired) electrons. The van der Waals surface area contributed by atoms with Crippen LogP contribution in [0, 0.1) is 0 Å². The summed E-state index contributed by atoms with van der Waals surface area (Å²) in [6.07, 6.45) is -0.785. The lowest BCUT2D eigenvalue weighted by atomic mass is 10.2. The number of amides is 3. The van der Waals surface area contributed by atoms with Crippen LogP contribution in [0.3, 0.4) is 0 Å². The maximum Gasteiger partial charge on any atom is 0.423 e. The molecule has 0 aliphatic rings. The molecule has 2 N–H and O–H groups in total. The molecule has 8 nitrogen and oxygen atoms in total. The van der Waals surface area contributed by atoms with Crippen LogP contribution in [0.1, 0.15) is 20.8 Å². The first-order valence-corrected chi connectivity index (χ1v) is 7.31. The highest BCUT2D eigenvalue weighted by atomic mass is 16.6. The molecule has 132 valence electrons. The fraction of sp³-hybridized carbons (Fsp3) is 0.438. The van der Waals surface area contributed by atoms with E-state index in [0.29, 0.717) is 11.4 Å². The first kappa shape index (κ1) is 19.3. The number of hydrogen-bond donors (Lipinski definition) is 2. The van der Waals surface area contributed by atoms with E-state index < -0.39 is 23.7 Å². The number of carboxylic acid groups (broad SMARTS) is 1. The third-order valence-electron chi connectivity index (χ3n) is 2.72. The van der Waals surface area contributed by atoms with Gasteiger partial charge in [-0.25, -0.2) is 9.59 Å². The van der Waals surface area contributed by atoms with Gasteiger partial charge in [0.15, 0.2) is 0 Å². The SMILES string of the molecule is CN(C)C(=O)N(C(=O)OC(C)(C)C)c1ccc(NCC(=O)O)cc1. The van der Waals surface area contributed by atoms with Crippen molar-refractivity contribution < 1.29 is 24.2 Å². The van der Waals surface area contributed by atoms with Crippen molar-refractivity contribution in [3.05, 3.63) is 24.3 Å². The van der Waals surface area contributed by atoms with Crippen LogP contribution >= 0.6 is 0 Å². The molecule has 0 saturated heterocycles. The highest BCUT2D eigenvalue weighted by Gasteiger charge is 2.29. The zero-order valence-electron chi connectivity index (χ0n) is 14.5. The number of nitrogens with one attached hydrogen (secondary N) is 1. The fourth-order valence-corrected chi connectivity index (χ4v) is 1.71. The standard InChI is InChI=1S/C16H23N3O5/c1-16(2,3)24-15(23)19(14(22)18(4)5)12-8-6-11(7-9-12)17-10-13(20)21/h6-9,17H,10H2,1-5H3,(H,20,21). The van der Waals surface area contributed by atoms with E-state index in [1.54, 1.807) is 32.9 Å². The number of anilines is 2. The molecule has 8 heteroatoms. The molecule has 24 heavy (non-hydrogen) atoms. The normalized spacial score (nSPS) is 10.7. The first-order valence-electron chi connectivity index (χ1n) is 7.31. The predicted octanol–water partition coefficient (Wildman–Crippen LogP) is 2.61. The monoisotopic (exact) mass is 337 g/mol. The number of carbonyl (C=O) groups excluding carboxylic acids is 2. The molecule has 0 saturated carbocycles. The lowest BCUT2D eigenvalue weighted by Gasteiger charge is -2.28. The molecule has 0 spiro atoms. The Morgan fingerprint density at radius 1 is 1.12 bits per heavy atom. The van der Waals surface area contributed by atoms with Gasteiger partial charge < -0.3 is 20.1 Å². The summed E-state index contributed by atoms with van der Waals surface area (Å²) in [6, 6.07) is 5.69. The number of aliphatic carboxylic acids is 1. The fourth-order valence-electron chi connectivity index (χ4n) is 1.71. The van der Waals surface area contributed by atoms with Gasteiger partial charge in [0.1, 0.15) is 12.1 Å². The van der Waals surface area contributed by atoms with Crippen LogP contribution in [0.4, 0.5) is 21.0 Å². The van der Waals surface area contributed by atoms with Crippen molar-refractivity contribution >= 4 is 29.5 Å². The molecule has 0 aliphatic carbocycles. The molecule has 0 unspecified atom stereocenters. The van der Waals surface area contributed by atoms with Crippen LogP contribution in [0.25, 0.3) is 0 Å². The Morgan fingerprint density at radius 2 is 1.67 bits per heavy atom. The molecule has 1 rings (SSSR count). The molecule has 0 fully saturated rings. The van der Waals surface area contributed by atoms with Gasteiger partial charge in [-0.3, -0.25) is 4.79 Å². The Morgan fingerprint density at radius 3 is 2.08 bits per heavy atom. The molecule has 0 aliphatic heterocycles. The van der Waals surface area contributed by atoms with Gasteiger partial charge in [-0.05, 0) is 45.0 Å². The van der Waals surface area contributed by atoms with Gasteiger partial charge in [-0.2, -0.15) is 4.90 Å². The number of ether oxygens (including phenoxy) is 1. The minimum Gasteiger partial charge on any atom is -0.480 e. The van der Waals surface area contributed by atoms with Crippen molar-refractivity contribution in [3.8, 4) is 0 Å². The molecular formula is C16H23N3O5. The average molecular weight is 337 g/mol. The highest BCUT2D eigenvalue weighted by Crippen LogP contribution is 2.22. The third-order valence-corrected chi connectivity index (χ3v) is 2.72. The van der Waals surface area contributed by atoms with Crippen LogP contribution in [0.2, 0.25) is 0 Å². The number of rotatable bonds is 4. The molecular weight excluding hydrogens is 314 g/mol. The van der Waals surface area contributed by atoms with Gasteiger partial charge >= 0.3 is 18.1 Å². The predicted molar refractivity (Wildman–Crippen MR) is 90.4 cm³/mol. The van der Waals surface area contributed by atoms with Gasteiger partial charge in [0.2, 0.25) is 0 Å². The summed E-state index contributed by atoms with van der Waals surface area (Å²) in [5, 5.41) is 11.4. The summed E-state index contributed by atoms with van der Waals surface area (Å²) in [6.45, 7) is 4.90. The Bertz CT molecular complexity index is 605. The second kappa shape index (κ2) is 7.67. The minimum atomic E-state index is -0.989. The van der Waals surface area contributed by atoms with Crippen LogP contribution in [0.5, 0.6) is 0 Å². The molecule has 0 aromatic heterocycles. The second-order valence-electron chi connectivity index (χ2n) is 6.29. The number of carbonyl (C=O) groups is 3. The van der Waals surface area contributed by atoms with Crippen molar-refractivity contribution in [2.75, 3.05) is 30.9 Å². The third kappa shape index (κ3) is 5.79. The number of imide groups is 1. The molecule has 0 bridgehead atoms. The summed E-state index contributed by atoms with van der Waals surface area (Å²) in [5.74, 6) is -0.989. The quantitative estimate of drug-likeness (QED) is 0.876. The summed E-state index contributed by atoms with van der Waals surface area (Å²) in [5.41, 5.74) is 0.136. The Labute approximate surface area is 141 Å². The maximum atomic E-state index is 12.4. The average Bonchev–Trinajstić information content (AvgIpc) is 2.44. The summed E-state index contributed by atoms with van der Waals surface area (Å²) >= 11 is 0. The minimum absolute atomic E-state index is 0.230. The highest BCUT2D eigenvalue weighted by molar-refractivity contribution is 6.11. The number of hydrogen-bond acceptors (Lipinski definition) is 5. The van der Waals surface area contributed by atoms with Gasteiger partial charge in [0, 0.05) is 19.8 Å². The summed E-state index contributed by atoms with van der Waals surface area (Å²) < 4.78 is 5.28. The van der Waals surface area contributed by atoms with Gasteiger partial charge in [-0.15, -0.1) is 0 Å². The van der Waals surface area contributed by atoms with Crippen molar-refractivity contribution in [1.29, 1.82) is 0 Å². The van der Waals surface area contributed by atoms with Crippen molar-refractivity contribution in [3.63, 3.8) is 0 Å². The topological polar surface area (TPSA) is 99.2 Å². The molecule has 0 heterocycles. The maximum absolute atomic E-state index is 12.4. The number of benzene rings is 1. The number of carboxylic acids is 1. The van der Waals surface area contributed by atoms with Gasteiger partial charge in [0.25, 0.3) is 0 Å². The van der Waals surface area contributed by atoms with Crippen molar-refractivity contribution in [1.82, 2.24) is 4.90 Å². The Hall–Kier alpha value is -2.77. The molecule has 1 aromatic rings. The van der Waals surface area contributed by atoms with Crippen molar-refractivity contribution in [2.45, 2.75) is 26.4 Å². The Balaban J connectivity index is 3.04. The Kier molecular flexibility index (Phi) is 6.16. The van der Waals surface area contributed by atoms with E-state index in [2.05, 4.69) is 5.32 Å². The van der Waals surface area contributed by atoms with E-state index in [-0.39, 0.29) is 6.54 Å². The second-order valence-corrected chi connectivity index (χ2v) is 6.29. The lowest BCUT2D eigenvalue weighted by molar-refractivity contribution is -0.134. The van der Waals surface area contributed by atoms with Crippen LogP contribution in [-0.2, 0) is 9.53 Å². The molecule has 0 atom stereocenters. The van der Waals surface area contributed by atoms with E-state index in [4.69, 9.17) is 9.84 Å². The smallest absolute Gasteiger partial charge is 0.423 e. The van der Waals surface area contributed by atoms with E-state index in [9.17, 15) is 14.4 Å². The van der Waals surface area contributed by atoms with Crippen LogP contribution < -0.4 is 10.2 Å². The van der Waals surface area contributed by atoms with E-state index in [1.165, 1.54) is 31.1 Å². The number of urea groups is 1. The zero-order valence-corrected chi connectivity index (χ0v) is 14.5. The summed E-state index contributed by atoms with van der Waals surface area (Å²) in [4.78, 5) is 37.4. The van der Waals surface area contributed by atoms with E-state index >= 15 is 0 Å². The van der Waals surface area contributed by atoms with E-state index in [1.807, 2.05) is 0 Å². The number of nitrogens with zero attached hydrogens (tertiary/aromatic N) is 2. The first-order chi connectivity index (χ1) is 11.0. The molecule has 3 amide bonds. The molecule has 1 aromatic carbocycles. The van der Waals surface area contributed by atoms with Crippen LogP contribution in [0.15, 0.2) is 24.3 Å². The lowest BCUT2D eigenvalue weighted by Crippen LogP contribution is -2.45.